The molecule has 0 fully saturated rings. The van der Waals surface area contributed by atoms with Crippen molar-refractivity contribution in [1.82, 2.24) is 5.32 Å². The molecule has 0 radical (unpaired) electrons. The van der Waals surface area contributed by atoms with Crippen molar-refractivity contribution in [2.45, 2.75) is 53.0 Å². The van der Waals surface area contributed by atoms with Crippen molar-refractivity contribution >= 4 is 11.9 Å². The molecule has 1 atom stereocenters. The smallest absolute Gasteiger partial charge is 0.396 e. The highest BCUT2D eigenvalue weighted by Gasteiger charge is 2.16. The van der Waals surface area contributed by atoms with Gasteiger partial charge in [0.2, 0.25) is 0 Å². The summed E-state index contributed by atoms with van der Waals surface area (Å²) in [5, 5.41) is 2.62. The lowest BCUT2D eigenvalue weighted by atomic mass is 10.0. The van der Waals surface area contributed by atoms with Crippen molar-refractivity contribution in [2.75, 3.05) is 6.61 Å². The molecule has 0 aromatic carbocycles. The first-order valence-corrected chi connectivity index (χ1v) is 5.95. The van der Waals surface area contributed by atoms with Gasteiger partial charge in [0.15, 0.2) is 0 Å². The molecule has 1 amide bonds. The van der Waals surface area contributed by atoms with Crippen LogP contribution in [0.25, 0.3) is 0 Å². The summed E-state index contributed by atoms with van der Waals surface area (Å²) >= 11 is 0. The third kappa shape index (κ3) is 7.26. The second kappa shape index (κ2) is 8.13. The summed E-state index contributed by atoms with van der Waals surface area (Å²) < 4.78 is 4.60. The zero-order valence-corrected chi connectivity index (χ0v) is 10.7. The van der Waals surface area contributed by atoms with E-state index in [1.54, 1.807) is 6.92 Å². The average molecular weight is 229 g/mol. The minimum absolute atomic E-state index is 0.0238. The molecule has 16 heavy (non-hydrogen) atoms. The first-order valence-electron chi connectivity index (χ1n) is 5.95. The summed E-state index contributed by atoms with van der Waals surface area (Å²) in [4.78, 5) is 22.3. The van der Waals surface area contributed by atoms with Crippen LogP contribution >= 0.6 is 0 Å². The van der Waals surface area contributed by atoms with Gasteiger partial charge in [-0.2, -0.15) is 0 Å². The lowest BCUT2D eigenvalue weighted by Gasteiger charge is -2.13. The first-order chi connectivity index (χ1) is 7.47. The van der Waals surface area contributed by atoms with Crippen molar-refractivity contribution in [3.05, 3.63) is 0 Å². The van der Waals surface area contributed by atoms with E-state index in [9.17, 15) is 9.59 Å². The Labute approximate surface area is 97.7 Å². The molecule has 0 heterocycles. The molecule has 1 unspecified atom stereocenters. The Bertz CT molecular complexity index is 226. The van der Waals surface area contributed by atoms with Crippen LogP contribution in [-0.4, -0.2) is 24.5 Å². The van der Waals surface area contributed by atoms with Crippen LogP contribution in [0.5, 0.6) is 0 Å². The van der Waals surface area contributed by atoms with Crippen molar-refractivity contribution in [3.63, 3.8) is 0 Å². The average Bonchev–Trinajstić information content (AvgIpc) is 2.17. The van der Waals surface area contributed by atoms with Crippen molar-refractivity contribution < 1.29 is 14.3 Å². The van der Waals surface area contributed by atoms with E-state index in [1.807, 2.05) is 6.92 Å². The number of esters is 1. The summed E-state index contributed by atoms with van der Waals surface area (Å²) in [6.45, 7) is 8.15. The zero-order chi connectivity index (χ0) is 12.6. The Morgan fingerprint density at radius 1 is 1.19 bits per heavy atom. The van der Waals surface area contributed by atoms with Gasteiger partial charge in [-0.15, -0.1) is 0 Å². The van der Waals surface area contributed by atoms with E-state index >= 15 is 0 Å². The fraction of sp³-hybridized carbons (Fsp3) is 0.833. The highest BCUT2D eigenvalue weighted by Crippen LogP contribution is 2.08. The lowest BCUT2D eigenvalue weighted by Crippen LogP contribution is -2.38. The minimum Gasteiger partial charge on any atom is -0.459 e. The quantitative estimate of drug-likeness (QED) is 0.559. The molecular weight excluding hydrogens is 206 g/mol. The molecule has 1 N–H and O–H groups in total. The Kier molecular flexibility index (Phi) is 7.60. The van der Waals surface area contributed by atoms with Gasteiger partial charge in [0.25, 0.3) is 0 Å². The van der Waals surface area contributed by atoms with E-state index in [-0.39, 0.29) is 12.6 Å². The predicted molar refractivity (Wildman–Crippen MR) is 62.9 cm³/mol. The summed E-state index contributed by atoms with van der Waals surface area (Å²) in [5.74, 6) is -0.759. The Morgan fingerprint density at radius 3 is 2.31 bits per heavy atom. The molecule has 94 valence electrons. The monoisotopic (exact) mass is 229 g/mol. The third-order valence-electron chi connectivity index (χ3n) is 2.26. The first kappa shape index (κ1) is 14.9. The molecule has 0 spiro atoms. The number of rotatable bonds is 6. The Hall–Kier alpha value is -1.06. The van der Waals surface area contributed by atoms with Gasteiger partial charge in [0, 0.05) is 6.04 Å². The number of carbonyl (C=O) groups is 2. The summed E-state index contributed by atoms with van der Waals surface area (Å²) in [6.07, 6.45) is 3.09. The Balaban J connectivity index is 3.73. The van der Waals surface area contributed by atoms with E-state index in [1.165, 1.54) is 0 Å². The lowest BCUT2D eigenvalue weighted by molar-refractivity contribution is -0.154. The van der Waals surface area contributed by atoms with Crippen LogP contribution in [0.2, 0.25) is 0 Å². The maximum absolute atomic E-state index is 11.3. The van der Waals surface area contributed by atoms with Gasteiger partial charge in [-0.1, -0.05) is 26.7 Å². The van der Waals surface area contributed by atoms with Gasteiger partial charge in [0.1, 0.15) is 0 Å². The number of ether oxygens (including phenoxy) is 1. The van der Waals surface area contributed by atoms with Crippen LogP contribution in [0.15, 0.2) is 0 Å². The molecule has 0 aromatic heterocycles. The number of hydrogen-bond acceptors (Lipinski definition) is 3. The zero-order valence-electron chi connectivity index (χ0n) is 10.7. The maximum Gasteiger partial charge on any atom is 0.396 e. The molecule has 0 saturated carbocycles. The van der Waals surface area contributed by atoms with E-state index in [4.69, 9.17) is 0 Å². The van der Waals surface area contributed by atoms with Crippen LogP contribution in [-0.2, 0) is 14.3 Å². The summed E-state index contributed by atoms with van der Waals surface area (Å²) in [6, 6.07) is 0.0238. The van der Waals surface area contributed by atoms with E-state index in [0.717, 1.165) is 19.3 Å². The highest BCUT2D eigenvalue weighted by atomic mass is 16.5. The molecule has 0 aromatic rings. The van der Waals surface area contributed by atoms with Gasteiger partial charge in [-0.25, -0.2) is 4.79 Å². The SMILES string of the molecule is CCOC(=O)C(=O)NC(C)CCCC(C)C. The van der Waals surface area contributed by atoms with E-state index < -0.39 is 11.9 Å². The molecule has 0 aliphatic rings. The number of nitrogens with one attached hydrogen (secondary N) is 1. The van der Waals surface area contributed by atoms with Crippen LogP contribution in [0.1, 0.15) is 47.0 Å². The standard InChI is InChI=1S/C12H23NO3/c1-5-16-12(15)11(14)13-10(4)8-6-7-9(2)3/h9-10H,5-8H2,1-4H3,(H,13,14). The molecule has 0 rings (SSSR count). The topological polar surface area (TPSA) is 55.4 Å². The molecule has 0 bridgehead atoms. The molecule has 0 aliphatic heterocycles. The molecule has 0 saturated heterocycles. The molecular formula is C12H23NO3. The number of carbonyl (C=O) groups excluding carboxylic acids is 2. The maximum atomic E-state index is 11.3. The van der Waals surface area contributed by atoms with Crippen molar-refractivity contribution in [1.29, 1.82) is 0 Å². The largest absolute Gasteiger partial charge is 0.459 e. The summed E-state index contributed by atoms with van der Waals surface area (Å²) in [7, 11) is 0. The van der Waals surface area contributed by atoms with Crippen molar-refractivity contribution in [3.8, 4) is 0 Å². The van der Waals surface area contributed by atoms with Crippen LogP contribution in [0, 0.1) is 5.92 Å². The second-order valence-electron chi connectivity index (χ2n) is 4.42. The second-order valence-corrected chi connectivity index (χ2v) is 4.42. The Morgan fingerprint density at radius 2 is 1.81 bits per heavy atom. The number of amides is 1. The highest BCUT2D eigenvalue weighted by molar-refractivity contribution is 6.32. The molecule has 0 aliphatic carbocycles. The van der Waals surface area contributed by atoms with Gasteiger partial charge in [-0.3, -0.25) is 4.79 Å². The summed E-state index contributed by atoms with van der Waals surface area (Å²) in [5.41, 5.74) is 0. The normalized spacial score (nSPS) is 12.3. The van der Waals surface area contributed by atoms with E-state index in [0.29, 0.717) is 5.92 Å². The van der Waals surface area contributed by atoms with Crippen LogP contribution < -0.4 is 5.32 Å². The van der Waals surface area contributed by atoms with Gasteiger partial charge >= 0.3 is 11.9 Å². The minimum atomic E-state index is -0.793. The van der Waals surface area contributed by atoms with E-state index in [2.05, 4.69) is 23.9 Å². The van der Waals surface area contributed by atoms with Gasteiger partial charge < -0.3 is 10.1 Å². The fourth-order valence-electron chi connectivity index (χ4n) is 1.38. The van der Waals surface area contributed by atoms with Crippen LogP contribution in [0.3, 0.4) is 0 Å². The fourth-order valence-corrected chi connectivity index (χ4v) is 1.38. The third-order valence-corrected chi connectivity index (χ3v) is 2.26. The van der Waals surface area contributed by atoms with Gasteiger partial charge in [-0.05, 0) is 26.2 Å². The number of hydrogen-bond donors (Lipinski definition) is 1. The molecule has 4 nitrogen and oxygen atoms in total. The predicted octanol–water partition coefficient (Wildman–Crippen LogP) is 1.88. The van der Waals surface area contributed by atoms with Gasteiger partial charge in [0.05, 0.1) is 6.61 Å². The van der Waals surface area contributed by atoms with Crippen molar-refractivity contribution in [2.24, 2.45) is 5.92 Å². The van der Waals surface area contributed by atoms with Crippen LogP contribution in [0.4, 0.5) is 0 Å². The molecule has 4 heteroatoms.